The molecule has 1 amide bonds. The molecule has 0 aliphatic heterocycles. The van der Waals surface area contributed by atoms with E-state index in [0.29, 0.717) is 11.4 Å². The van der Waals surface area contributed by atoms with Crippen molar-refractivity contribution in [3.05, 3.63) is 84.4 Å². The molecule has 0 saturated heterocycles. The minimum absolute atomic E-state index is 0.0535. The lowest BCUT2D eigenvalue weighted by Crippen LogP contribution is -2.35. The lowest BCUT2D eigenvalue weighted by atomic mass is 10.2. The first kappa shape index (κ1) is 24.3. The number of para-hydroxylation sites is 3. The Morgan fingerprint density at radius 1 is 1.00 bits per heavy atom. The number of ether oxygens (including phenoxy) is 2. The SMILES string of the molecule is COc1ccccc1NS(=O)(=O)c1cccc(C(=O)OCC(=O)N(CC#N)c2ccccc2)c1. The zero-order valence-electron chi connectivity index (χ0n) is 18.2. The number of sulfonamides is 1. The van der Waals surface area contributed by atoms with Gasteiger partial charge in [-0.15, -0.1) is 0 Å². The Balaban J connectivity index is 1.72. The highest BCUT2D eigenvalue weighted by molar-refractivity contribution is 7.92. The molecule has 0 bridgehead atoms. The van der Waals surface area contributed by atoms with Gasteiger partial charge < -0.3 is 9.47 Å². The minimum atomic E-state index is -4.04. The fourth-order valence-corrected chi connectivity index (χ4v) is 4.13. The van der Waals surface area contributed by atoms with Crippen LogP contribution in [0.1, 0.15) is 10.4 Å². The van der Waals surface area contributed by atoms with Crippen LogP contribution < -0.4 is 14.4 Å². The van der Waals surface area contributed by atoms with Gasteiger partial charge in [0, 0.05) is 5.69 Å². The van der Waals surface area contributed by atoms with Crippen molar-refractivity contribution in [1.82, 2.24) is 0 Å². The largest absolute Gasteiger partial charge is 0.495 e. The van der Waals surface area contributed by atoms with Crippen molar-refractivity contribution in [3.8, 4) is 11.8 Å². The van der Waals surface area contributed by atoms with Crippen LogP contribution in [-0.2, 0) is 19.6 Å². The van der Waals surface area contributed by atoms with Crippen LogP contribution >= 0.6 is 0 Å². The summed E-state index contributed by atoms with van der Waals surface area (Å²) >= 11 is 0. The Hall–Kier alpha value is -4.36. The molecule has 0 unspecified atom stereocenters. The molecule has 34 heavy (non-hydrogen) atoms. The van der Waals surface area contributed by atoms with Gasteiger partial charge in [0.2, 0.25) is 0 Å². The highest BCUT2D eigenvalue weighted by atomic mass is 32.2. The molecule has 0 radical (unpaired) electrons. The number of rotatable bonds is 9. The first-order chi connectivity index (χ1) is 16.4. The normalized spacial score (nSPS) is 10.6. The van der Waals surface area contributed by atoms with E-state index in [1.807, 2.05) is 6.07 Å². The number of anilines is 2. The molecule has 9 nitrogen and oxygen atoms in total. The van der Waals surface area contributed by atoms with Crippen LogP contribution in [0.2, 0.25) is 0 Å². The van der Waals surface area contributed by atoms with E-state index in [0.717, 1.165) is 6.07 Å². The number of hydrogen-bond acceptors (Lipinski definition) is 7. The number of nitriles is 1. The number of nitrogens with zero attached hydrogens (tertiary/aromatic N) is 2. The Labute approximate surface area is 197 Å². The Bertz CT molecular complexity index is 1320. The number of methoxy groups -OCH3 is 1. The monoisotopic (exact) mass is 479 g/mol. The molecular formula is C24H21N3O6S. The maximum absolute atomic E-state index is 12.8. The van der Waals surface area contributed by atoms with Gasteiger partial charge in [-0.05, 0) is 42.5 Å². The number of carbonyl (C=O) groups excluding carboxylic acids is 2. The van der Waals surface area contributed by atoms with Gasteiger partial charge in [0.15, 0.2) is 6.61 Å². The smallest absolute Gasteiger partial charge is 0.338 e. The Kier molecular flexibility index (Phi) is 7.84. The van der Waals surface area contributed by atoms with Gasteiger partial charge in [-0.1, -0.05) is 36.4 Å². The molecule has 1 N–H and O–H groups in total. The summed E-state index contributed by atoms with van der Waals surface area (Å²) < 4.78 is 38.3. The number of amides is 1. The molecule has 10 heteroatoms. The molecule has 0 fully saturated rings. The van der Waals surface area contributed by atoms with E-state index in [4.69, 9.17) is 14.7 Å². The highest BCUT2D eigenvalue weighted by Crippen LogP contribution is 2.26. The predicted octanol–water partition coefficient (Wildman–Crippen LogP) is 3.21. The Morgan fingerprint density at radius 3 is 2.41 bits per heavy atom. The average Bonchev–Trinajstić information content (AvgIpc) is 2.86. The third-order valence-electron chi connectivity index (χ3n) is 4.66. The summed E-state index contributed by atoms with van der Waals surface area (Å²) in [4.78, 5) is 26.1. The molecular weight excluding hydrogens is 458 g/mol. The molecule has 0 aromatic heterocycles. The summed E-state index contributed by atoms with van der Waals surface area (Å²) in [6.07, 6.45) is 0. The molecule has 3 aromatic carbocycles. The highest BCUT2D eigenvalue weighted by Gasteiger charge is 2.21. The lowest BCUT2D eigenvalue weighted by molar-refractivity contribution is -0.121. The van der Waals surface area contributed by atoms with Gasteiger partial charge >= 0.3 is 5.97 Å². The molecule has 0 atom stereocenters. The quantitative estimate of drug-likeness (QED) is 0.369. The molecule has 0 heterocycles. The summed E-state index contributed by atoms with van der Waals surface area (Å²) in [5.74, 6) is -1.14. The van der Waals surface area contributed by atoms with Crippen molar-refractivity contribution >= 4 is 33.3 Å². The van der Waals surface area contributed by atoms with E-state index in [9.17, 15) is 18.0 Å². The van der Waals surface area contributed by atoms with Crippen molar-refractivity contribution in [3.63, 3.8) is 0 Å². The minimum Gasteiger partial charge on any atom is -0.495 e. The molecule has 3 aromatic rings. The molecule has 0 aliphatic carbocycles. The molecule has 3 rings (SSSR count). The first-order valence-corrected chi connectivity index (χ1v) is 11.5. The van der Waals surface area contributed by atoms with Crippen LogP contribution in [0.5, 0.6) is 5.75 Å². The van der Waals surface area contributed by atoms with Crippen LogP contribution in [-0.4, -0.2) is 40.6 Å². The van der Waals surface area contributed by atoms with E-state index in [-0.39, 0.29) is 22.7 Å². The van der Waals surface area contributed by atoms with Crippen LogP contribution in [0, 0.1) is 11.3 Å². The van der Waals surface area contributed by atoms with Gasteiger partial charge in [0.1, 0.15) is 12.3 Å². The lowest BCUT2D eigenvalue weighted by Gasteiger charge is -2.19. The van der Waals surface area contributed by atoms with E-state index < -0.39 is 28.5 Å². The third kappa shape index (κ3) is 5.90. The third-order valence-corrected chi connectivity index (χ3v) is 6.02. The van der Waals surface area contributed by atoms with Crippen molar-refractivity contribution in [1.29, 1.82) is 5.26 Å². The summed E-state index contributed by atoms with van der Waals surface area (Å²) in [6, 6.07) is 22.1. The van der Waals surface area contributed by atoms with Gasteiger partial charge in [0.05, 0.1) is 29.3 Å². The zero-order chi connectivity index (χ0) is 24.6. The summed E-state index contributed by atoms with van der Waals surface area (Å²) in [6.45, 7) is -0.839. The van der Waals surface area contributed by atoms with Gasteiger partial charge in [0.25, 0.3) is 15.9 Å². The molecule has 0 spiro atoms. The summed E-state index contributed by atoms with van der Waals surface area (Å²) in [5, 5.41) is 9.03. The van der Waals surface area contributed by atoms with Crippen molar-refractivity contribution in [2.45, 2.75) is 4.90 Å². The number of esters is 1. The first-order valence-electron chi connectivity index (χ1n) is 10.0. The maximum atomic E-state index is 12.8. The predicted molar refractivity (Wildman–Crippen MR) is 125 cm³/mol. The fourth-order valence-electron chi connectivity index (χ4n) is 3.01. The Morgan fingerprint density at radius 2 is 1.71 bits per heavy atom. The number of carbonyl (C=O) groups is 2. The van der Waals surface area contributed by atoms with Crippen LogP contribution in [0.15, 0.2) is 83.8 Å². The fraction of sp³-hybridized carbons (Fsp3) is 0.125. The van der Waals surface area contributed by atoms with Crippen LogP contribution in [0.25, 0.3) is 0 Å². The van der Waals surface area contributed by atoms with Crippen molar-refractivity contribution in [2.24, 2.45) is 0 Å². The van der Waals surface area contributed by atoms with E-state index in [2.05, 4.69) is 4.72 Å². The van der Waals surface area contributed by atoms with Crippen molar-refractivity contribution in [2.75, 3.05) is 29.9 Å². The molecule has 0 aliphatic rings. The standard InChI is InChI=1S/C24H21N3O6S/c1-32-22-13-6-5-12-21(22)26-34(30,31)20-11-7-8-18(16-20)24(29)33-17-23(28)27(15-14-25)19-9-3-2-4-10-19/h2-13,16,26H,15,17H2,1H3. The topological polar surface area (TPSA) is 126 Å². The number of hydrogen-bond donors (Lipinski definition) is 1. The van der Waals surface area contributed by atoms with Crippen molar-refractivity contribution < 1.29 is 27.5 Å². The van der Waals surface area contributed by atoms with E-state index in [1.54, 1.807) is 54.6 Å². The summed E-state index contributed by atoms with van der Waals surface area (Å²) in [7, 11) is -2.62. The zero-order valence-corrected chi connectivity index (χ0v) is 19.0. The second-order valence-electron chi connectivity index (χ2n) is 6.88. The second kappa shape index (κ2) is 11.0. The number of nitrogens with one attached hydrogen (secondary N) is 1. The maximum Gasteiger partial charge on any atom is 0.338 e. The van der Waals surface area contributed by atoms with Gasteiger partial charge in [-0.2, -0.15) is 5.26 Å². The second-order valence-corrected chi connectivity index (χ2v) is 8.57. The average molecular weight is 480 g/mol. The van der Waals surface area contributed by atoms with Crippen LogP contribution in [0.3, 0.4) is 0 Å². The van der Waals surface area contributed by atoms with Gasteiger partial charge in [-0.25, -0.2) is 13.2 Å². The van der Waals surface area contributed by atoms with Crippen LogP contribution in [0.4, 0.5) is 11.4 Å². The van der Waals surface area contributed by atoms with Gasteiger partial charge in [-0.3, -0.25) is 14.4 Å². The molecule has 0 saturated carbocycles. The van der Waals surface area contributed by atoms with E-state index in [1.165, 1.54) is 30.2 Å². The number of benzene rings is 3. The van der Waals surface area contributed by atoms with E-state index >= 15 is 0 Å². The molecule has 174 valence electrons. The summed E-state index contributed by atoms with van der Waals surface area (Å²) in [5.41, 5.74) is 0.671.